The van der Waals surface area contributed by atoms with Gasteiger partial charge in [-0.25, -0.2) is 0 Å². The van der Waals surface area contributed by atoms with E-state index in [4.69, 9.17) is 0 Å². The third kappa shape index (κ3) is 4.73. The Bertz CT molecular complexity index is 365. The van der Waals surface area contributed by atoms with Gasteiger partial charge in [0, 0.05) is 22.5 Å². The van der Waals surface area contributed by atoms with E-state index < -0.39 is 17.5 Å². The molecule has 0 unspecified atom stereocenters. The van der Waals surface area contributed by atoms with Crippen molar-refractivity contribution in [3.63, 3.8) is 0 Å². The maximum Gasteiger partial charge on any atom is 0.455 e. The van der Waals surface area contributed by atoms with Gasteiger partial charge >= 0.3 is 17.5 Å². The van der Waals surface area contributed by atoms with Gasteiger partial charge in [-0.15, -0.1) is 0 Å². The van der Waals surface area contributed by atoms with Gasteiger partial charge < -0.3 is 0 Å². The molecule has 0 saturated heterocycles. The summed E-state index contributed by atoms with van der Waals surface area (Å²) in [4.78, 5) is 0. The minimum Gasteiger partial charge on any atom is -0.265 e. The molecule has 0 aliphatic heterocycles. The summed E-state index contributed by atoms with van der Waals surface area (Å²) >= 11 is 0. The molecule has 0 amide bonds. The second-order valence-corrected chi connectivity index (χ2v) is 10.2. The highest BCUT2D eigenvalue weighted by atomic mass is 28.4. The van der Waals surface area contributed by atoms with Gasteiger partial charge in [0.25, 0.3) is 0 Å². The standard InChI is InChI=1S/C14H22F4Si2/c1-3-5-11-19(15,16)13-7-9-14(10-8-13)20(17,18)12-6-4-2/h7-10H,3-6,11-12H2,1-2H3. The second-order valence-electron chi connectivity index (χ2n) is 5.19. The Kier molecular flexibility index (Phi) is 6.45. The van der Waals surface area contributed by atoms with Crippen LogP contribution in [0, 0.1) is 0 Å². The van der Waals surface area contributed by atoms with Crippen LogP contribution in [-0.4, -0.2) is 17.5 Å². The summed E-state index contributed by atoms with van der Waals surface area (Å²) in [6.45, 7) is 3.74. The van der Waals surface area contributed by atoms with Crippen LogP contribution in [0.3, 0.4) is 0 Å². The Balaban J connectivity index is 2.82. The average molecular weight is 322 g/mol. The number of benzene rings is 1. The van der Waals surface area contributed by atoms with Crippen LogP contribution in [0.25, 0.3) is 0 Å². The Morgan fingerprint density at radius 2 is 1.00 bits per heavy atom. The number of hydrogen-bond donors (Lipinski definition) is 0. The molecule has 1 aromatic carbocycles. The molecule has 0 N–H and O–H groups in total. The Morgan fingerprint density at radius 1 is 0.700 bits per heavy atom. The topological polar surface area (TPSA) is 0 Å². The highest BCUT2D eigenvalue weighted by Gasteiger charge is 2.40. The normalized spacial score (nSPS) is 12.7. The molecular formula is C14H22F4Si2. The van der Waals surface area contributed by atoms with Crippen molar-refractivity contribution >= 4 is 27.9 Å². The predicted molar refractivity (Wildman–Crippen MR) is 81.1 cm³/mol. The Labute approximate surface area is 120 Å². The van der Waals surface area contributed by atoms with Crippen LogP contribution in [0.4, 0.5) is 16.4 Å². The molecule has 0 spiro atoms. The molecule has 0 fully saturated rings. The number of hydrogen-bond acceptors (Lipinski definition) is 0. The summed E-state index contributed by atoms with van der Waals surface area (Å²) < 4.78 is 55.7. The van der Waals surface area contributed by atoms with Crippen LogP contribution in [0.15, 0.2) is 24.3 Å². The van der Waals surface area contributed by atoms with Crippen LogP contribution >= 0.6 is 0 Å². The maximum atomic E-state index is 13.9. The van der Waals surface area contributed by atoms with E-state index in [2.05, 4.69) is 0 Å². The number of rotatable bonds is 8. The van der Waals surface area contributed by atoms with Crippen molar-refractivity contribution in [3.8, 4) is 0 Å². The van der Waals surface area contributed by atoms with E-state index in [-0.39, 0.29) is 22.5 Å². The molecular weight excluding hydrogens is 300 g/mol. The molecule has 20 heavy (non-hydrogen) atoms. The smallest absolute Gasteiger partial charge is 0.265 e. The van der Waals surface area contributed by atoms with Gasteiger partial charge in [0.1, 0.15) is 0 Å². The summed E-state index contributed by atoms with van der Waals surface area (Å²) in [5.41, 5.74) is 0. The van der Waals surface area contributed by atoms with Gasteiger partial charge in [-0.2, -0.15) is 0 Å². The summed E-state index contributed by atoms with van der Waals surface area (Å²) in [6, 6.07) is 4.72. The molecule has 6 heteroatoms. The first kappa shape index (κ1) is 17.4. The van der Waals surface area contributed by atoms with Gasteiger partial charge in [-0.05, 0) is 0 Å². The van der Waals surface area contributed by atoms with Crippen molar-refractivity contribution in [2.75, 3.05) is 0 Å². The van der Waals surface area contributed by atoms with Crippen LogP contribution < -0.4 is 10.4 Å². The minimum absolute atomic E-state index is 0.0185. The molecule has 0 bridgehead atoms. The van der Waals surface area contributed by atoms with Gasteiger partial charge in [0.05, 0.1) is 0 Å². The Morgan fingerprint density at radius 3 is 1.25 bits per heavy atom. The fourth-order valence-electron chi connectivity index (χ4n) is 2.04. The third-order valence-corrected chi connectivity index (χ3v) is 7.74. The fourth-order valence-corrected chi connectivity index (χ4v) is 5.53. The molecule has 1 rings (SSSR count). The van der Waals surface area contributed by atoms with Crippen LogP contribution in [0.1, 0.15) is 39.5 Å². The lowest BCUT2D eigenvalue weighted by Gasteiger charge is -2.16. The zero-order chi connectivity index (χ0) is 15.2. The molecule has 0 aliphatic rings. The first-order valence-electron chi connectivity index (χ1n) is 7.20. The first-order valence-corrected chi connectivity index (χ1v) is 11.1. The largest absolute Gasteiger partial charge is 0.455 e. The molecule has 0 radical (unpaired) electrons. The van der Waals surface area contributed by atoms with Crippen molar-refractivity contribution in [3.05, 3.63) is 24.3 Å². The third-order valence-electron chi connectivity index (χ3n) is 3.42. The van der Waals surface area contributed by atoms with E-state index in [1.54, 1.807) is 0 Å². The van der Waals surface area contributed by atoms with Gasteiger partial charge in [-0.3, -0.25) is 16.4 Å². The summed E-state index contributed by atoms with van der Waals surface area (Å²) in [7, 11) is -8.87. The monoisotopic (exact) mass is 322 g/mol. The van der Waals surface area contributed by atoms with Crippen LogP contribution in [0.5, 0.6) is 0 Å². The molecule has 0 saturated carbocycles. The summed E-state index contributed by atoms with van der Waals surface area (Å²) in [5, 5.41) is -0.0371. The van der Waals surface area contributed by atoms with Crippen LogP contribution in [0.2, 0.25) is 12.1 Å². The molecule has 0 nitrogen and oxygen atoms in total. The van der Waals surface area contributed by atoms with E-state index >= 15 is 0 Å². The Hall–Kier alpha value is -0.626. The van der Waals surface area contributed by atoms with Gasteiger partial charge in [0.15, 0.2) is 0 Å². The average Bonchev–Trinajstić information content (AvgIpc) is 2.43. The van der Waals surface area contributed by atoms with E-state index in [1.807, 2.05) is 13.8 Å². The van der Waals surface area contributed by atoms with Gasteiger partial charge in [-0.1, -0.05) is 63.8 Å². The van der Waals surface area contributed by atoms with Crippen molar-refractivity contribution in [1.29, 1.82) is 0 Å². The highest BCUT2D eigenvalue weighted by Crippen LogP contribution is 2.19. The number of unbranched alkanes of at least 4 members (excludes halogenated alkanes) is 2. The molecule has 0 heterocycles. The predicted octanol–water partition coefficient (Wildman–Crippen LogP) is 4.46. The maximum absolute atomic E-state index is 13.9. The lowest BCUT2D eigenvalue weighted by molar-refractivity contribution is 0.605. The first-order chi connectivity index (χ1) is 9.33. The summed E-state index contributed by atoms with van der Waals surface area (Å²) in [5.74, 6) is 0. The summed E-state index contributed by atoms with van der Waals surface area (Å²) in [6.07, 6.45) is 2.43. The molecule has 0 aliphatic carbocycles. The lowest BCUT2D eigenvalue weighted by Crippen LogP contribution is -2.43. The fraction of sp³-hybridized carbons (Fsp3) is 0.571. The van der Waals surface area contributed by atoms with Crippen LogP contribution in [-0.2, 0) is 0 Å². The lowest BCUT2D eigenvalue weighted by atomic mass is 10.4. The van der Waals surface area contributed by atoms with E-state index in [0.29, 0.717) is 12.8 Å². The van der Waals surface area contributed by atoms with Gasteiger partial charge in [0.2, 0.25) is 0 Å². The zero-order valence-electron chi connectivity index (χ0n) is 12.1. The van der Waals surface area contributed by atoms with Crippen molar-refractivity contribution < 1.29 is 16.4 Å². The van der Waals surface area contributed by atoms with E-state index in [1.165, 1.54) is 24.3 Å². The minimum atomic E-state index is -4.44. The van der Waals surface area contributed by atoms with Crippen molar-refractivity contribution in [2.24, 2.45) is 0 Å². The molecule has 0 aromatic heterocycles. The van der Waals surface area contributed by atoms with E-state index in [9.17, 15) is 16.4 Å². The zero-order valence-corrected chi connectivity index (χ0v) is 14.1. The molecule has 1 aromatic rings. The number of halogens is 4. The second kappa shape index (κ2) is 7.40. The molecule has 0 atom stereocenters. The SMILES string of the molecule is CCCC[Si](F)(F)c1ccc([Si](F)(F)CCCC)cc1. The highest BCUT2D eigenvalue weighted by molar-refractivity contribution is 6.81. The van der Waals surface area contributed by atoms with Crippen molar-refractivity contribution in [2.45, 2.75) is 51.6 Å². The quantitative estimate of drug-likeness (QED) is 0.376. The van der Waals surface area contributed by atoms with E-state index in [0.717, 1.165) is 12.8 Å². The molecule has 114 valence electrons. The van der Waals surface area contributed by atoms with Crippen molar-refractivity contribution in [1.82, 2.24) is 0 Å².